The van der Waals surface area contributed by atoms with Crippen LogP contribution in [0.2, 0.25) is 0 Å². The summed E-state index contributed by atoms with van der Waals surface area (Å²) in [4.78, 5) is 0. The van der Waals surface area contributed by atoms with E-state index < -0.39 is 0 Å². The fraction of sp³-hybridized carbons (Fsp3) is 0. The molecule has 0 N–H and O–H groups in total. The number of fused-ring (bicyclic) bond motifs is 9. The first-order valence-corrected chi connectivity index (χ1v) is 17.3. The van der Waals surface area contributed by atoms with Gasteiger partial charge in [-0.25, -0.2) is 0 Å². The Hall–Kier alpha value is -6.84. The Kier molecular flexibility index (Phi) is 5.96. The topological polar surface area (TPSA) is 31.2 Å². The first-order valence-electron chi connectivity index (χ1n) is 17.3. The van der Waals surface area contributed by atoms with Crippen LogP contribution in [0, 0.1) is 0 Å². The number of hydrogen-bond acceptors (Lipinski definition) is 2. The van der Waals surface area contributed by atoms with E-state index in [2.05, 4.69) is 162 Å². The molecule has 3 heteroatoms. The van der Waals surface area contributed by atoms with Gasteiger partial charge in [0.25, 0.3) is 0 Å². The van der Waals surface area contributed by atoms with E-state index >= 15 is 0 Å². The molecule has 238 valence electrons. The zero-order chi connectivity index (χ0) is 33.5. The monoisotopic (exact) mass is 651 g/mol. The van der Waals surface area contributed by atoms with Crippen molar-refractivity contribution in [3.8, 4) is 39.1 Å². The van der Waals surface area contributed by atoms with Crippen molar-refractivity contribution >= 4 is 65.7 Å². The van der Waals surface area contributed by atoms with Crippen molar-refractivity contribution in [2.45, 2.75) is 0 Å². The van der Waals surface area contributed by atoms with Crippen molar-refractivity contribution in [2.24, 2.45) is 0 Å². The number of nitrogens with zero attached hydrogens (tertiary/aromatic N) is 1. The molecule has 0 aliphatic rings. The number of aromatic nitrogens is 1. The summed E-state index contributed by atoms with van der Waals surface area (Å²) in [5.74, 6) is 0. The lowest BCUT2D eigenvalue weighted by atomic mass is 10.00. The van der Waals surface area contributed by atoms with Crippen LogP contribution in [0.15, 0.2) is 185 Å². The zero-order valence-electron chi connectivity index (χ0n) is 27.5. The Bertz CT molecular complexity index is 3120. The lowest BCUT2D eigenvalue weighted by molar-refractivity contribution is 0.669. The second-order valence-electron chi connectivity index (χ2n) is 13.3. The van der Waals surface area contributed by atoms with E-state index in [0.717, 1.165) is 71.8 Å². The summed E-state index contributed by atoms with van der Waals surface area (Å²) in [5.41, 5.74) is 14.0. The Balaban J connectivity index is 1.02. The molecule has 8 aromatic carbocycles. The van der Waals surface area contributed by atoms with E-state index in [0.29, 0.717) is 0 Å². The van der Waals surface area contributed by atoms with Crippen molar-refractivity contribution in [3.05, 3.63) is 176 Å². The quantitative estimate of drug-likeness (QED) is 0.190. The molecule has 51 heavy (non-hydrogen) atoms. The summed E-state index contributed by atoms with van der Waals surface area (Å²) in [6, 6.07) is 62.5. The molecule has 3 nitrogen and oxygen atoms in total. The normalized spacial score (nSPS) is 11.9. The van der Waals surface area contributed by atoms with Crippen LogP contribution in [0.5, 0.6) is 0 Å². The number of benzene rings is 8. The van der Waals surface area contributed by atoms with E-state index in [1.165, 1.54) is 32.9 Å². The maximum atomic E-state index is 6.72. The summed E-state index contributed by atoms with van der Waals surface area (Å²) >= 11 is 0. The molecular weight excluding hydrogens is 623 g/mol. The molecule has 0 spiro atoms. The van der Waals surface area contributed by atoms with Crippen LogP contribution >= 0.6 is 0 Å². The molecule has 0 amide bonds. The minimum Gasteiger partial charge on any atom is -0.456 e. The number of para-hydroxylation sites is 4. The van der Waals surface area contributed by atoms with Crippen LogP contribution in [0.25, 0.3) is 105 Å². The van der Waals surface area contributed by atoms with E-state index in [9.17, 15) is 0 Å². The fourth-order valence-corrected chi connectivity index (χ4v) is 8.02. The minimum absolute atomic E-state index is 0.912. The minimum atomic E-state index is 0.912. The molecule has 0 bridgehead atoms. The molecule has 0 radical (unpaired) electrons. The van der Waals surface area contributed by atoms with Gasteiger partial charge in [-0.15, -0.1) is 0 Å². The van der Waals surface area contributed by atoms with Gasteiger partial charge >= 0.3 is 0 Å². The van der Waals surface area contributed by atoms with Crippen molar-refractivity contribution in [1.29, 1.82) is 0 Å². The van der Waals surface area contributed by atoms with Gasteiger partial charge in [0, 0.05) is 49.1 Å². The van der Waals surface area contributed by atoms with E-state index in [4.69, 9.17) is 8.83 Å². The van der Waals surface area contributed by atoms with Gasteiger partial charge in [-0.3, -0.25) is 0 Å². The lowest BCUT2D eigenvalue weighted by Gasteiger charge is -2.10. The van der Waals surface area contributed by atoms with Crippen molar-refractivity contribution in [2.75, 3.05) is 0 Å². The van der Waals surface area contributed by atoms with Crippen LogP contribution in [0.3, 0.4) is 0 Å². The van der Waals surface area contributed by atoms with Crippen LogP contribution in [-0.4, -0.2) is 4.57 Å². The van der Waals surface area contributed by atoms with Crippen LogP contribution < -0.4 is 0 Å². The highest BCUT2D eigenvalue weighted by Crippen LogP contribution is 2.41. The molecular formula is C48H29NO2. The highest BCUT2D eigenvalue weighted by atomic mass is 16.3. The Labute approximate surface area is 293 Å². The highest BCUT2D eigenvalue weighted by Gasteiger charge is 2.17. The molecule has 3 aromatic heterocycles. The first kappa shape index (κ1) is 28.0. The second kappa shape index (κ2) is 10.8. The van der Waals surface area contributed by atoms with Gasteiger partial charge < -0.3 is 13.4 Å². The van der Waals surface area contributed by atoms with Gasteiger partial charge in [0.15, 0.2) is 0 Å². The maximum absolute atomic E-state index is 6.72. The number of rotatable bonds is 4. The third-order valence-electron chi connectivity index (χ3n) is 10.4. The number of furan rings is 2. The Morgan fingerprint density at radius 2 is 0.863 bits per heavy atom. The summed E-state index contributed by atoms with van der Waals surface area (Å²) in [7, 11) is 0. The van der Waals surface area contributed by atoms with Gasteiger partial charge in [0.1, 0.15) is 22.3 Å². The summed E-state index contributed by atoms with van der Waals surface area (Å²) in [6.07, 6.45) is 0. The van der Waals surface area contributed by atoms with E-state index in [1.807, 2.05) is 18.2 Å². The third kappa shape index (κ3) is 4.25. The Morgan fingerprint density at radius 1 is 0.314 bits per heavy atom. The molecule has 0 saturated carbocycles. The Morgan fingerprint density at radius 3 is 1.63 bits per heavy atom. The molecule has 11 aromatic rings. The summed E-state index contributed by atoms with van der Waals surface area (Å²) in [5, 5.41) is 7.00. The number of hydrogen-bond donors (Lipinski definition) is 0. The molecule has 0 fully saturated rings. The second-order valence-corrected chi connectivity index (χ2v) is 13.3. The van der Waals surface area contributed by atoms with Crippen molar-refractivity contribution in [1.82, 2.24) is 4.57 Å². The van der Waals surface area contributed by atoms with Gasteiger partial charge in [-0.1, -0.05) is 127 Å². The average Bonchev–Trinajstić information content (AvgIpc) is 3.87. The fourth-order valence-electron chi connectivity index (χ4n) is 8.02. The standard InChI is InChI=1S/C48H29NO2/c1-2-10-30(11-3-1)35-14-8-16-39-40-17-9-15-36(48(40)51-47(35)39)31-20-24-34(25-21-31)49-43-18-6-4-12-37(43)41-28-32(22-26-44(41)49)33-23-27-46-42(29-33)38-13-5-7-19-45(38)50-46/h1-29H. The van der Waals surface area contributed by atoms with Gasteiger partial charge in [0.05, 0.1) is 11.0 Å². The highest BCUT2D eigenvalue weighted by molar-refractivity contribution is 6.14. The van der Waals surface area contributed by atoms with E-state index in [-0.39, 0.29) is 0 Å². The van der Waals surface area contributed by atoms with Gasteiger partial charge in [-0.2, -0.15) is 0 Å². The first-order chi connectivity index (χ1) is 25.3. The average molecular weight is 652 g/mol. The third-order valence-corrected chi connectivity index (χ3v) is 10.4. The molecule has 0 aliphatic heterocycles. The van der Waals surface area contributed by atoms with Gasteiger partial charge in [0.2, 0.25) is 0 Å². The predicted octanol–water partition coefficient (Wildman–Crippen LogP) is 13.6. The smallest absolute Gasteiger partial charge is 0.143 e. The van der Waals surface area contributed by atoms with E-state index in [1.54, 1.807) is 0 Å². The summed E-state index contributed by atoms with van der Waals surface area (Å²) in [6.45, 7) is 0. The van der Waals surface area contributed by atoms with Gasteiger partial charge in [-0.05, 0) is 70.8 Å². The SMILES string of the molecule is c1ccc(-c2cccc3c2oc2c(-c4ccc(-n5c6ccccc6c6cc(-c7ccc8oc9ccccc9c8c7)ccc65)cc4)cccc23)cc1. The van der Waals surface area contributed by atoms with Crippen LogP contribution in [0.1, 0.15) is 0 Å². The van der Waals surface area contributed by atoms with Crippen LogP contribution in [-0.2, 0) is 0 Å². The lowest BCUT2D eigenvalue weighted by Crippen LogP contribution is -1.93. The maximum Gasteiger partial charge on any atom is 0.143 e. The molecule has 11 rings (SSSR count). The molecule has 0 saturated heterocycles. The molecule has 0 unspecified atom stereocenters. The van der Waals surface area contributed by atoms with Crippen LogP contribution in [0.4, 0.5) is 0 Å². The molecule has 0 atom stereocenters. The molecule has 3 heterocycles. The van der Waals surface area contributed by atoms with Crippen molar-refractivity contribution < 1.29 is 8.83 Å². The van der Waals surface area contributed by atoms with Crippen molar-refractivity contribution in [3.63, 3.8) is 0 Å². The largest absolute Gasteiger partial charge is 0.456 e. The molecule has 0 aliphatic carbocycles. The summed E-state index contributed by atoms with van der Waals surface area (Å²) < 4.78 is 15.2. The zero-order valence-corrected chi connectivity index (χ0v) is 27.5. The predicted molar refractivity (Wildman–Crippen MR) is 212 cm³/mol.